The first kappa shape index (κ1) is 14.9. The summed E-state index contributed by atoms with van der Waals surface area (Å²) < 4.78 is 1.54. The van der Waals surface area contributed by atoms with Crippen LogP contribution in [0.15, 0.2) is 5.16 Å². The molecule has 0 bridgehead atoms. The second-order valence-corrected chi connectivity index (χ2v) is 6.69. The number of nitrogens with one attached hydrogen (secondary N) is 1. The van der Waals surface area contributed by atoms with Crippen LogP contribution in [0.4, 0.5) is 0 Å². The van der Waals surface area contributed by atoms with E-state index in [2.05, 4.69) is 25.8 Å². The monoisotopic (exact) mass is 312 g/mol. The average Bonchev–Trinajstić information content (AvgIpc) is 2.92. The minimum atomic E-state index is -0.0920. The molecule has 0 spiro atoms. The van der Waals surface area contributed by atoms with Gasteiger partial charge in [-0.15, -0.1) is 16.4 Å². The van der Waals surface area contributed by atoms with E-state index >= 15 is 0 Å². The van der Waals surface area contributed by atoms with E-state index in [1.54, 1.807) is 18.4 Å². The van der Waals surface area contributed by atoms with Crippen molar-refractivity contribution in [2.24, 2.45) is 7.05 Å². The Morgan fingerprint density at radius 3 is 2.80 bits per heavy atom. The van der Waals surface area contributed by atoms with Gasteiger partial charge < -0.3 is 5.32 Å². The summed E-state index contributed by atoms with van der Waals surface area (Å²) in [5.41, 5.74) is 0.936. The summed E-state index contributed by atoms with van der Waals surface area (Å²) in [5.74, 6) is 0.219. The number of carbonyl (C=O) groups is 1. The maximum atomic E-state index is 11.9. The summed E-state index contributed by atoms with van der Waals surface area (Å²) in [4.78, 5) is 17.5. The third-order valence-electron chi connectivity index (χ3n) is 2.64. The molecule has 0 aliphatic carbocycles. The van der Waals surface area contributed by atoms with Crippen LogP contribution in [-0.4, -0.2) is 36.9 Å². The lowest BCUT2D eigenvalue weighted by Gasteiger charge is -2.12. The quantitative estimate of drug-likeness (QED) is 0.836. The molecular formula is C11H16N6OS2. The zero-order chi connectivity index (χ0) is 14.7. The average molecular weight is 312 g/mol. The number of thiazole rings is 1. The Bertz CT molecular complexity index is 608. The minimum absolute atomic E-state index is 0.0597. The van der Waals surface area contributed by atoms with E-state index in [0.29, 0.717) is 5.16 Å². The van der Waals surface area contributed by atoms with E-state index in [1.165, 1.54) is 16.4 Å². The third kappa shape index (κ3) is 3.54. The molecule has 1 atom stereocenters. The summed E-state index contributed by atoms with van der Waals surface area (Å²) in [7, 11) is 1.74. The molecule has 2 aromatic heterocycles. The molecule has 0 aliphatic heterocycles. The van der Waals surface area contributed by atoms with Crippen LogP contribution in [0.2, 0.25) is 0 Å². The number of amides is 1. The number of aryl methyl sites for hydroxylation is 3. The predicted molar refractivity (Wildman–Crippen MR) is 77.7 cm³/mol. The molecule has 20 heavy (non-hydrogen) atoms. The van der Waals surface area contributed by atoms with Crippen molar-refractivity contribution in [3.8, 4) is 0 Å². The lowest BCUT2D eigenvalue weighted by molar-refractivity contribution is -0.119. The molecule has 2 aromatic rings. The smallest absolute Gasteiger partial charge is 0.231 e. The first-order valence-corrected chi connectivity index (χ1v) is 7.86. The van der Waals surface area contributed by atoms with Crippen molar-refractivity contribution in [1.29, 1.82) is 0 Å². The normalized spacial score (nSPS) is 12.4. The maximum Gasteiger partial charge on any atom is 0.231 e. The fraction of sp³-hybridized carbons (Fsp3) is 0.545. The van der Waals surface area contributed by atoms with Crippen molar-refractivity contribution in [2.75, 3.05) is 5.75 Å². The van der Waals surface area contributed by atoms with E-state index in [9.17, 15) is 4.79 Å². The standard InChI is InChI=1S/C11H16N6OS2/c1-6(10-7(2)20-8(3)13-10)12-9(18)5-19-11-14-15-16-17(11)4/h6H,5H2,1-4H3,(H,12,18). The van der Waals surface area contributed by atoms with Crippen molar-refractivity contribution < 1.29 is 4.79 Å². The van der Waals surface area contributed by atoms with Crippen molar-refractivity contribution in [1.82, 2.24) is 30.5 Å². The van der Waals surface area contributed by atoms with Gasteiger partial charge in [0.2, 0.25) is 11.1 Å². The highest BCUT2D eigenvalue weighted by molar-refractivity contribution is 7.99. The van der Waals surface area contributed by atoms with Crippen molar-refractivity contribution in [3.05, 3.63) is 15.6 Å². The van der Waals surface area contributed by atoms with Crippen LogP contribution in [-0.2, 0) is 11.8 Å². The lowest BCUT2D eigenvalue weighted by Crippen LogP contribution is -2.28. The van der Waals surface area contributed by atoms with Gasteiger partial charge >= 0.3 is 0 Å². The molecule has 1 N–H and O–H groups in total. The number of hydrogen-bond donors (Lipinski definition) is 1. The van der Waals surface area contributed by atoms with Crippen molar-refractivity contribution in [2.45, 2.75) is 32.0 Å². The molecule has 0 fully saturated rings. The van der Waals surface area contributed by atoms with Crippen LogP contribution in [0.1, 0.15) is 28.5 Å². The van der Waals surface area contributed by atoms with Crippen LogP contribution in [0.5, 0.6) is 0 Å². The Morgan fingerprint density at radius 2 is 2.25 bits per heavy atom. The Balaban J connectivity index is 1.88. The predicted octanol–water partition coefficient (Wildman–Crippen LogP) is 1.25. The van der Waals surface area contributed by atoms with Gasteiger partial charge in [0.25, 0.3) is 0 Å². The van der Waals surface area contributed by atoms with Crippen LogP contribution in [0.25, 0.3) is 0 Å². The molecule has 1 unspecified atom stereocenters. The molecule has 2 heterocycles. The number of carbonyl (C=O) groups excluding carboxylic acids is 1. The second kappa shape index (κ2) is 6.31. The molecule has 9 heteroatoms. The first-order valence-electron chi connectivity index (χ1n) is 6.06. The highest BCUT2D eigenvalue weighted by atomic mass is 32.2. The fourth-order valence-electron chi connectivity index (χ4n) is 1.77. The lowest BCUT2D eigenvalue weighted by atomic mass is 10.2. The van der Waals surface area contributed by atoms with E-state index in [0.717, 1.165) is 15.6 Å². The molecule has 0 saturated carbocycles. The molecule has 0 saturated heterocycles. The molecule has 7 nitrogen and oxygen atoms in total. The molecule has 1 amide bonds. The maximum absolute atomic E-state index is 11.9. The largest absolute Gasteiger partial charge is 0.347 e. The zero-order valence-corrected chi connectivity index (χ0v) is 13.4. The Morgan fingerprint density at radius 1 is 1.50 bits per heavy atom. The Labute approximate surface area is 125 Å². The molecule has 108 valence electrons. The number of tetrazole rings is 1. The van der Waals surface area contributed by atoms with Crippen LogP contribution >= 0.6 is 23.1 Å². The van der Waals surface area contributed by atoms with Gasteiger partial charge in [-0.2, -0.15) is 0 Å². The van der Waals surface area contributed by atoms with Gasteiger partial charge in [0.15, 0.2) is 0 Å². The summed E-state index contributed by atoms with van der Waals surface area (Å²) in [5, 5.41) is 15.6. The fourth-order valence-corrected chi connectivity index (χ4v) is 3.35. The van der Waals surface area contributed by atoms with E-state index in [4.69, 9.17) is 0 Å². The van der Waals surface area contributed by atoms with E-state index in [-0.39, 0.29) is 17.7 Å². The van der Waals surface area contributed by atoms with E-state index in [1.807, 2.05) is 20.8 Å². The Kier molecular flexibility index (Phi) is 4.71. The summed E-state index contributed by atoms with van der Waals surface area (Å²) in [6, 6.07) is -0.0920. The van der Waals surface area contributed by atoms with Gasteiger partial charge in [-0.3, -0.25) is 4.79 Å². The molecule has 0 aliphatic rings. The van der Waals surface area contributed by atoms with Crippen molar-refractivity contribution >= 4 is 29.0 Å². The van der Waals surface area contributed by atoms with Gasteiger partial charge in [-0.25, -0.2) is 9.67 Å². The number of hydrogen-bond acceptors (Lipinski definition) is 7. The van der Waals surface area contributed by atoms with Crippen LogP contribution < -0.4 is 5.32 Å². The second-order valence-electron chi connectivity index (χ2n) is 4.34. The molecule has 0 aromatic carbocycles. The SMILES string of the molecule is Cc1nc(C(C)NC(=O)CSc2nnnn2C)c(C)s1. The Hall–Kier alpha value is -1.48. The van der Waals surface area contributed by atoms with Crippen LogP contribution in [0.3, 0.4) is 0 Å². The summed E-state index contributed by atoms with van der Waals surface area (Å²) in [6.45, 7) is 5.92. The van der Waals surface area contributed by atoms with Gasteiger partial charge in [0, 0.05) is 11.9 Å². The molecule has 0 radical (unpaired) electrons. The molecular weight excluding hydrogens is 296 g/mol. The highest BCUT2D eigenvalue weighted by Crippen LogP contribution is 2.22. The minimum Gasteiger partial charge on any atom is -0.347 e. The number of aromatic nitrogens is 5. The summed E-state index contributed by atoms with van der Waals surface area (Å²) >= 11 is 2.95. The van der Waals surface area contributed by atoms with Gasteiger partial charge in [0.1, 0.15) is 0 Å². The number of nitrogens with zero attached hydrogens (tertiary/aromatic N) is 5. The topological polar surface area (TPSA) is 85.6 Å². The summed E-state index contributed by atoms with van der Waals surface area (Å²) in [6.07, 6.45) is 0. The highest BCUT2D eigenvalue weighted by Gasteiger charge is 2.16. The van der Waals surface area contributed by atoms with Gasteiger partial charge in [-0.05, 0) is 31.2 Å². The van der Waals surface area contributed by atoms with E-state index < -0.39 is 0 Å². The molecule has 2 rings (SSSR count). The van der Waals surface area contributed by atoms with Crippen molar-refractivity contribution in [3.63, 3.8) is 0 Å². The van der Waals surface area contributed by atoms with Crippen LogP contribution in [0, 0.1) is 13.8 Å². The number of rotatable bonds is 5. The first-order chi connectivity index (χ1) is 9.47. The van der Waals surface area contributed by atoms with Gasteiger partial charge in [-0.1, -0.05) is 11.8 Å². The third-order valence-corrected chi connectivity index (χ3v) is 4.55. The number of thioether (sulfide) groups is 1. The zero-order valence-electron chi connectivity index (χ0n) is 11.7. The van der Waals surface area contributed by atoms with Gasteiger partial charge in [0.05, 0.1) is 22.5 Å².